The predicted molar refractivity (Wildman–Crippen MR) is 60.9 cm³/mol. The normalized spacial score (nSPS) is 22.0. The summed E-state index contributed by atoms with van der Waals surface area (Å²) >= 11 is 0. The number of benzene rings is 1. The first kappa shape index (κ1) is 10.9. The number of hydrogen-bond acceptors (Lipinski definition) is 2. The summed E-state index contributed by atoms with van der Waals surface area (Å²) in [6.45, 7) is 4.02. The fourth-order valence-electron chi connectivity index (χ4n) is 2.08. The number of carbonyl (C=O) groups is 2. The fourth-order valence-corrected chi connectivity index (χ4v) is 2.08. The van der Waals surface area contributed by atoms with Crippen LogP contribution in [0.25, 0.3) is 0 Å². The Morgan fingerprint density at radius 3 is 2.38 bits per heavy atom. The highest BCUT2D eigenvalue weighted by atomic mass is 16.2. The monoisotopic (exact) mass is 217 g/mol. The van der Waals surface area contributed by atoms with Crippen LogP contribution >= 0.6 is 0 Å². The molecule has 0 aliphatic carbocycles. The number of aryl methyl sites for hydroxylation is 1. The van der Waals surface area contributed by atoms with E-state index in [4.69, 9.17) is 0 Å². The maximum absolute atomic E-state index is 11.5. The van der Waals surface area contributed by atoms with Crippen LogP contribution in [0.15, 0.2) is 24.3 Å². The van der Waals surface area contributed by atoms with Crippen molar-refractivity contribution < 1.29 is 9.59 Å². The molecule has 0 bridgehead atoms. The molecule has 0 saturated carbocycles. The fraction of sp³-hybridized carbons (Fsp3) is 0.385. The molecule has 0 radical (unpaired) electrons. The molecule has 1 heterocycles. The van der Waals surface area contributed by atoms with Crippen molar-refractivity contribution in [3.05, 3.63) is 35.4 Å². The average molecular weight is 217 g/mol. The molecule has 1 aromatic carbocycles. The number of hydrogen-bond donors (Lipinski definition) is 1. The third-order valence-corrected chi connectivity index (χ3v) is 3.21. The van der Waals surface area contributed by atoms with Gasteiger partial charge in [-0.25, -0.2) is 0 Å². The van der Waals surface area contributed by atoms with E-state index in [1.807, 2.05) is 38.1 Å². The highest BCUT2D eigenvalue weighted by Gasteiger charge is 2.35. The minimum absolute atomic E-state index is 0.0899. The zero-order valence-corrected chi connectivity index (χ0v) is 9.49. The van der Waals surface area contributed by atoms with Gasteiger partial charge in [0.1, 0.15) is 0 Å². The van der Waals surface area contributed by atoms with E-state index in [1.54, 1.807) is 0 Å². The van der Waals surface area contributed by atoms with E-state index in [2.05, 4.69) is 5.32 Å². The van der Waals surface area contributed by atoms with Gasteiger partial charge in [-0.2, -0.15) is 0 Å². The van der Waals surface area contributed by atoms with Crippen LogP contribution in [0.2, 0.25) is 0 Å². The van der Waals surface area contributed by atoms with Crippen molar-refractivity contribution in [2.24, 2.45) is 5.92 Å². The van der Waals surface area contributed by atoms with Crippen LogP contribution in [0.4, 0.5) is 0 Å². The maximum atomic E-state index is 11.5. The summed E-state index contributed by atoms with van der Waals surface area (Å²) in [6.07, 6.45) is 0.313. The van der Waals surface area contributed by atoms with Gasteiger partial charge in [0.25, 0.3) is 0 Å². The summed E-state index contributed by atoms with van der Waals surface area (Å²) in [6, 6.07) is 8.10. The highest BCUT2D eigenvalue weighted by Crippen LogP contribution is 2.29. The molecular formula is C13H15NO2. The molecule has 1 N–H and O–H groups in total. The van der Waals surface area contributed by atoms with Gasteiger partial charge in [-0.05, 0) is 18.4 Å². The van der Waals surface area contributed by atoms with E-state index in [0.29, 0.717) is 6.42 Å². The number of imide groups is 1. The Morgan fingerprint density at radius 2 is 1.88 bits per heavy atom. The molecule has 1 aliphatic rings. The Balaban J connectivity index is 2.19. The molecule has 3 nitrogen and oxygen atoms in total. The molecule has 3 heteroatoms. The Morgan fingerprint density at radius 1 is 1.25 bits per heavy atom. The molecule has 2 amide bonds. The van der Waals surface area contributed by atoms with E-state index in [9.17, 15) is 9.59 Å². The number of amides is 2. The minimum Gasteiger partial charge on any atom is -0.296 e. The molecule has 2 atom stereocenters. The highest BCUT2D eigenvalue weighted by molar-refractivity contribution is 6.03. The van der Waals surface area contributed by atoms with Crippen LogP contribution in [0, 0.1) is 12.8 Å². The van der Waals surface area contributed by atoms with Crippen molar-refractivity contribution in [3.63, 3.8) is 0 Å². The standard InChI is InChI=1S/C13H15NO2/c1-8-3-5-10(6-4-8)9(2)11-7-12(15)14-13(11)16/h3-6,9,11H,7H2,1-2H3,(H,14,15,16). The molecule has 1 aromatic rings. The number of nitrogens with one attached hydrogen (secondary N) is 1. The summed E-state index contributed by atoms with van der Waals surface area (Å²) in [5.41, 5.74) is 2.31. The summed E-state index contributed by atoms with van der Waals surface area (Å²) in [5, 5.41) is 2.35. The van der Waals surface area contributed by atoms with Crippen molar-refractivity contribution in [3.8, 4) is 0 Å². The SMILES string of the molecule is Cc1ccc(C(C)C2CC(=O)NC2=O)cc1. The second-order valence-electron chi connectivity index (χ2n) is 4.42. The average Bonchev–Trinajstić information content (AvgIpc) is 2.58. The third-order valence-electron chi connectivity index (χ3n) is 3.21. The van der Waals surface area contributed by atoms with Gasteiger partial charge < -0.3 is 0 Å². The van der Waals surface area contributed by atoms with E-state index in [1.165, 1.54) is 5.56 Å². The summed E-state index contributed by atoms with van der Waals surface area (Å²) in [7, 11) is 0. The Hall–Kier alpha value is -1.64. The largest absolute Gasteiger partial charge is 0.296 e. The van der Waals surface area contributed by atoms with Crippen LogP contribution < -0.4 is 5.32 Å². The maximum Gasteiger partial charge on any atom is 0.230 e. The lowest BCUT2D eigenvalue weighted by Gasteiger charge is -2.16. The molecule has 1 saturated heterocycles. The first-order valence-electron chi connectivity index (χ1n) is 5.48. The molecule has 2 unspecified atom stereocenters. The smallest absolute Gasteiger partial charge is 0.230 e. The second-order valence-corrected chi connectivity index (χ2v) is 4.42. The van der Waals surface area contributed by atoms with Crippen LogP contribution in [-0.2, 0) is 9.59 Å². The first-order valence-corrected chi connectivity index (χ1v) is 5.48. The van der Waals surface area contributed by atoms with Gasteiger partial charge >= 0.3 is 0 Å². The van der Waals surface area contributed by atoms with Crippen LogP contribution in [0.3, 0.4) is 0 Å². The Bertz CT molecular complexity index is 422. The third kappa shape index (κ3) is 1.98. The van der Waals surface area contributed by atoms with Crippen LogP contribution in [-0.4, -0.2) is 11.8 Å². The van der Waals surface area contributed by atoms with Crippen molar-refractivity contribution in [1.82, 2.24) is 5.32 Å². The molecule has 84 valence electrons. The lowest BCUT2D eigenvalue weighted by Crippen LogP contribution is -2.24. The summed E-state index contributed by atoms with van der Waals surface area (Å²) in [5.74, 6) is -0.422. The van der Waals surface area contributed by atoms with Crippen LogP contribution in [0.5, 0.6) is 0 Å². The number of rotatable bonds is 2. The van der Waals surface area contributed by atoms with Gasteiger partial charge in [0.15, 0.2) is 0 Å². The van der Waals surface area contributed by atoms with Gasteiger partial charge in [0.2, 0.25) is 11.8 Å². The molecule has 2 rings (SSSR count). The zero-order chi connectivity index (χ0) is 11.7. The van der Waals surface area contributed by atoms with E-state index >= 15 is 0 Å². The minimum atomic E-state index is -0.213. The Kier molecular flexibility index (Phi) is 2.77. The lowest BCUT2D eigenvalue weighted by atomic mass is 9.86. The van der Waals surface area contributed by atoms with Crippen molar-refractivity contribution >= 4 is 11.8 Å². The molecular weight excluding hydrogens is 202 g/mol. The van der Waals surface area contributed by atoms with Gasteiger partial charge in [-0.3, -0.25) is 14.9 Å². The van der Waals surface area contributed by atoms with Crippen LogP contribution in [0.1, 0.15) is 30.4 Å². The molecule has 16 heavy (non-hydrogen) atoms. The van der Waals surface area contributed by atoms with Gasteiger partial charge in [-0.15, -0.1) is 0 Å². The second kappa shape index (κ2) is 4.08. The van der Waals surface area contributed by atoms with Crippen molar-refractivity contribution in [2.45, 2.75) is 26.2 Å². The molecule has 1 fully saturated rings. The Labute approximate surface area is 94.9 Å². The summed E-state index contributed by atoms with van der Waals surface area (Å²) in [4.78, 5) is 22.7. The van der Waals surface area contributed by atoms with Gasteiger partial charge in [-0.1, -0.05) is 36.8 Å². The number of carbonyl (C=O) groups excluding carboxylic acids is 2. The van der Waals surface area contributed by atoms with E-state index in [-0.39, 0.29) is 23.7 Å². The van der Waals surface area contributed by atoms with E-state index in [0.717, 1.165) is 5.56 Å². The molecule has 1 aliphatic heterocycles. The van der Waals surface area contributed by atoms with Gasteiger partial charge in [0.05, 0.1) is 5.92 Å². The van der Waals surface area contributed by atoms with E-state index < -0.39 is 0 Å². The van der Waals surface area contributed by atoms with Crippen molar-refractivity contribution in [1.29, 1.82) is 0 Å². The van der Waals surface area contributed by atoms with Gasteiger partial charge in [0, 0.05) is 6.42 Å². The predicted octanol–water partition coefficient (Wildman–Crippen LogP) is 1.76. The first-order chi connectivity index (χ1) is 7.58. The molecule has 0 aromatic heterocycles. The summed E-state index contributed by atoms with van der Waals surface area (Å²) < 4.78 is 0. The quantitative estimate of drug-likeness (QED) is 0.767. The zero-order valence-electron chi connectivity index (χ0n) is 9.49. The van der Waals surface area contributed by atoms with Crippen molar-refractivity contribution in [2.75, 3.05) is 0 Å². The lowest BCUT2D eigenvalue weighted by molar-refractivity contribution is -0.126. The topological polar surface area (TPSA) is 46.2 Å². The molecule has 0 spiro atoms.